The van der Waals surface area contributed by atoms with Gasteiger partial charge in [0, 0.05) is 5.56 Å². The van der Waals surface area contributed by atoms with Gasteiger partial charge in [-0.3, -0.25) is 0 Å². The van der Waals surface area contributed by atoms with Crippen molar-refractivity contribution in [2.45, 2.75) is 20.4 Å². The first-order valence-corrected chi connectivity index (χ1v) is 4.87. The van der Waals surface area contributed by atoms with Crippen LogP contribution in [0.1, 0.15) is 19.4 Å². The molecule has 0 saturated carbocycles. The van der Waals surface area contributed by atoms with Crippen LogP contribution in [0.5, 0.6) is 5.75 Å². The molecule has 0 aromatic heterocycles. The molecule has 0 aliphatic rings. The van der Waals surface area contributed by atoms with Crippen LogP contribution in [0.4, 0.5) is 0 Å². The normalized spacial score (nSPS) is 9.93. The maximum atomic E-state index is 9.26. The Kier molecular flexibility index (Phi) is 6.58. The number of phenolic OH excluding ortho intramolecular Hbond substituents is 1. The SMILES string of the molecule is CC[NH+](CC)Cc1cccc(O)c1.[Br-]. The van der Waals surface area contributed by atoms with Gasteiger partial charge in [0.05, 0.1) is 13.1 Å². The first kappa shape index (κ1) is 13.5. The Labute approximate surface area is 96.3 Å². The van der Waals surface area contributed by atoms with E-state index in [2.05, 4.69) is 19.9 Å². The minimum absolute atomic E-state index is 0. The summed E-state index contributed by atoms with van der Waals surface area (Å²) < 4.78 is 0. The lowest BCUT2D eigenvalue weighted by atomic mass is 10.2. The smallest absolute Gasteiger partial charge is 0.116 e. The molecule has 0 bridgehead atoms. The molecular formula is C11H18BrNO. The molecule has 0 amide bonds. The van der Waals surface area contributed by atoms with E-state index in [0.29, 0.717) is 5.75 Å². The highest BCUT2D eigenvalue weighted by Crippen LogP contribution is 2.09. The highest BCUT2D eigenvalue weighted by molar-refractivity contribution is 5.26. The Morgan fingerprint density at radius 1 is 1.21 bits per heavy atom. The van der Waals surface area contributed by atoms with Crippen LogP contribution in [0.2, 0.25) is 0 Å². The molecule has 0 fully saturated rings. The standard InChI is InChI=1S/C11H17NO.BrH/c1-3-12(4-2)9-10-6-5-7-11(13)8-10;/h5-8,13H,3-4,9H2,1-2H3;1H. The van der Waals surface area contributed by atoms with E-state index in [-0.39, 0.29) is 17.0 Å². The van der Waals surface area contributed by atoms with Crippen LogP contribution in [-0.2, 0) is 6.54 Å². The maximum absolute atomic E-state index is 9.26. The van der Waals surface area contributed by atoms with Gasteiger partial charge in [0.1, 0.15) is 12.3 Å². The molecule has 1 aromatic carbocycles. The van der Waals surface area contributed by atoms with E-state index in [1.807, 2.05) is 12.1 Å². The predicted octanol–water partition coefficient (Wildman–Crippen LogP) is -2.18. The van der Waals surface area contributed by atoms with Crippen molar-refractivity contribution < 1.29 is 27.0 Å². The van der Waals surface area contributed by atoms with Crippen molar-refractivity contribution in [2.75, 3.05) is 13.1 Å². The highest BCUT2D eigenvalue weighted by Gasteiger charge is 2.03. The zero-order valence-electron chi connectivity index (χ0n) is 8.76. The molecule has 0 spiro atoms. The van der Waals surface area contributed by atoms with E-state index in [9.17, 15) is 5.11 Å². The molecule has 1 aromatic rings. The molecule has 0 radical (unpaired) electrons. The van der Waals surface area contributed by atoms with Crippen LogP contribution in [0.3, 0.4) is 0 Å². The fourth-order valence-corrected chi connectivity index (χ4v) is 1.46. The third-order valence-corrected chi connectivity index (χ3v) is 2.36. The van der Waals surface area contributed by atoms with Gasteiger partial charge in [0.15, 0.2) is 0 Å². The van der Waals surface area contributed by atoms with Crippen molar-refractivity contribution in [1.82, 2.24) is 0 Å². The predicted molar refractivity (Wildman–Crippen MR) is 53.9 cm³/mol. The van der Waals surface area contributed by atoms with Crippen LogP contribution >= 0.6 is 0 Å². The number of rotatable bonds is 4. The van der Waals surface area contributed by atoms with Crippen LogP contribution in [-0.4, -0.2) is 18.2 Å². The number of quaternary nitrogens is 1. The lowest BCUT2D eigenvalue weighted by molar-refractivity contribution is -0.910. The zero-order chi connectivity index (χ0) is 9.68. The van der Waals surface area contributed by atoms with Crippen molar-refractivity contribution >= 4 is 0 Å². The summed E-state index contributed by atoms with van der Waals surface area (Å²) in [4.78, 5) is 1.53. The number of benzene rings is 1. The summed E-state index contributed by atoms with van der Waals surface area (Å²) in [6.45, 7) is 7.63. The Morgan fingerprint density at radius 2 is 1.86 bits per heavy atom. The molecule has 0 heterocycles. The number of phenols is 1. The van der Waals surface area contributed by atoms with Gasteiger partial charge in [0.25, 0.3) is 0 Å². The molecule has 2 nitrogen and oxygen atoms in total. The number of hydrogen-bond acceptors (Lipinski definition) is 1. The summed E-state index contributed by atoms with van der Waals surface area (Å²) >= 11 is 0. The van der Waals surface area contributed by atoms with Crippen LogP contribution in [0, 0.1) is 0 Å². The third kappa shape index (κ3) is 4.11. The second-order valence-electron chi connectivity index (χ2n) is 3.30. The van der Waals surface area contributed by atoms with Crippen molar-refractivity contribution in [2.24, 2.45) is 0 Å². The highest BCUT2D eigenvalue weighted by atomic mass is 79.9. The van der Waals surface area contributed by atoms with Crippen molar-refractivity contribution in [1.29, 1.82) is 0 Å². The quantitative estimate of drug-likeness (QED) is 0.632. The molecule has 2 N–H and O–H groups in total. The first-order chi connectivity index (χ1) is 6.26. The first-order valence-electron chi connectivity index (χ1n) is 4.87. The van der Waals surface area contributed by atoms with Gasteiger partial charge in [-0.2, -0.15) is 0 Å². The Hall–Kier alpha value is -0.540. The van der Waals surface area contributed by atoms with Gasteiger partial charge in [-0.15, -0.1) is 0 Å². The van der Waals surface area contributed by atoms with E-state index < -0.39 is 0 Å². The Morgan fingerprint density at radius 3 is 2.36 bits per heavy atom. The van der Waals surface area contributed by atoms with Crippen molar-refractivity contribution in [3.63, 3.8) is 0 Å². The summed E-state index contributed by atoms with van der Waals surface area (Å²) in [5.41, 5.74) is 1.21. The van der Waals surface area contributed by atoms with Gasteiger partial charge in [0.2, 0.25) is 0 Å². The fourth-order valence-electron chi connectivity index (χ4n) is 1.46. The van der Waals surface area contributed by atoms with E-state index in [4.69, 9.17) is 0 Å². The number of aromatic hydroxyl groups is 1. The summed E-state index contributed by atoms with van der Waals surface area (Å²) in [5, 5.41) is 9.26. The molecular weight excluding hydrogens is 242 g/mol. The second kappa shape index (κ2) is 6.85. The molecule has 14 heavy (non-hydrogen) atoms. The largest absolute Gasteiger partial charge is 1.00 e. The van der Waals surface area contributed by atoms with Gasteiger partial charge >= 0.3 is 0 Å². The van der Waals surface area contributed by atoms with Crippen molar-refractivity contribution in [3.05, 3.63) is 29.8 Å². The number of nitrogens with one attached hydrogen (secondary N) is 1. The van der Waals surface area contributed by atoms with Gasteiger partial charge in [-0.05, 0) is 26.0 Å². The summed E-state index contributed by atoms with van der Waals surface area (Å²) in [5.74, 6) is 0.365. The zero-order valence-corrected chi connectivity index (χ0v) is 10.3. The molecule has 0 aliphatic carbocycles. The summed E-state index contributed by atoms with van der Waals surface area (Å²) in [7, 11) is 0. The van der Waals surface area contributed by atoms with Crippen LogP contribution in [0.25, 0.3) is 0 Å². The van der Waals surface area contributed by atoms with Gasteiger partial charge < -0.3 is 27.0 Å². The lowest BCUT2D eigenvalue weighted by Gasteiger charge is -2.15. The minimum atomic E-state index is 0. The Balaban J connectivity index is 0.00000169. The second-order valence-corrected chi connectivity index (χ2v) is 3.30. The molecule has 80 valence electrons. The van der Waals surface area contributed by atoms with Crippen LogP contribution < -0.4 is 21.9 Å². The third-order valence-electron chi connectivity index (χ3n) is 2.36. The number of halogens is 1. The Bertz CT molecular complexity index is 261. The van der Waals surface area contributed by atoms with E-state index >= 15 is 0 Å². The molecule has 3 heteroatoms. The average Bonchev–Trinajstić information content (AvgIpc) is 2.14. The maximum Gasteiger partial charge on any atom is 0.116 e. The summed E-state index contributed by atoms with van der Waals surface area (Å²) in [6, 6.07) is 7.50. The molecule has 0 atom stereocenters. The molecule has 0 unspecified atom stereocenters. The number of hydrogen-bond donors (Lipinski definition) is 2. The fraction of sp³-hybridized carbons (Fsp3) is 0.455. The van der Waals surface area contributed by atoms with Crippen molar-refractivity contribution in [3.8, 4) is 5.75 Å². The van der Waals surface area contributed by atoms with E-state index in [0.717, 1.165) is 19.6 Å². The van der Waals surface area contributed by atoms with Crippen LogP contribution in [0.15, 0.2) is 24.3 Å². The monoisotopic (exact) mass is 259 g/mol. The molecule has 0 saturated heterocycles. The van der Waals surface area contributed by atoms with Gasteiger partial charge in [-0.1, -0.05) is 12.1 Å². The van der Waals surface area contributed by atoms with E-state index in [1.54, 1.807) is 6.07 Å². The van der Waals surface area contributed by atoms with E-state index in [1.165, 1.54) is 10.5 Å². The van der Waals surface area contributed by atoms with Gasteiger partial charge in [-0.25, -0.2) is 0 Å². The summed E-state index contributed by atoms with van der Waals surface area (Å²) in [6.07, 6.45) is 0. The lowest BCUT2D eigenvalue weighted by Crippen LogP contribution is -3.10. The minimum Gasteiger partial charge on any atom is -1.00 e. The topological polar surface area (TPSA) is 24.7 Å². The molecule has 1 rings (SSSR count). The average molecular weight is 260 g/mol. The molecule has 0 aliphatic heterocycles.